The Kier molecular flexibility index (Phi) is 4.34. The van der Waals surface area contributed by atoms with E-state index >= 15 is 0 Å². The Bertz CT molecular complexity index is 710. The van der Waals surface area contributed by atoms with Crippen LogP contribution in [-0.2, 0) is 22.3 Å². The van der Waals surface area contributed by atoms with Crippen molar-refractivity contribution in [2.24, 2.45) is 0 Å². The Hall–Kier alpha value is -2.26. The molecule has 2 aromatic rings. The third kappa shape index (κ3) is 3.86. The van der Waals surface area contributed by atoms with Crippen molar-refractivity contribution < 1.29 is 18.3 Å². The molecular weight excluding hydrogens is 296 g/mol. The molecule has 0 radical (unpaired) electrons. The van der Waals surface area contributed by atoms with Crippen LogP contribution in [0.5, 0.6) is 0 Å². The molecule has 0 amide bonds. The van der Waals surface area contributed by atoms with E-state index in [-0.39, 0.29) is 17.9 Å². The van der Waals surface area contributed by atoms with Crippen molar-refractivity contribution in [1.82, 2.24) is 19.5 Å². The number of carboxylic acids is 1. The molecular formula is C12H14N4O4S. The second-order valence-corrected chi connectivity index (χ2v) is 6.52. The summed E-state index contributed by atoms with van der Waals surface area (Å²) in [6, 6.07) is 5.74. The first-order valence-electron chi connectivity index (χ1n) is 5.99. The van der Waals surface area contributed by atoms with Gasteiger partial charge in [-0.25, -0.2) is 18.2 Å². The number of carboxylic acid groups (broad SMARTS) is 1. The molecule has 1 heterocycles. The van der Waals surface area contributed by atoms with Crippen LogP contribution in [0.3, 0.4) is 0 Å². The van der Waals surface area contributed by atoms with Gasteiger partial charge in [-0.3, -0.25) is 5.10 Å². The largest absolute Gasteiger partial charge is 0.478 e. The quantitative estimate of drug-likeness (QED) is 0.801. The van der Waals surface area contributed by atoms with Crippen LogP contribution in [0.4, 0.5) is 0 Å². The van der Waals surface area contributed by atoms with Crippen LogP contribution in [0.25, 0.3) is 0 Å². The second-order valence-electron chi connectivity index (χ2n) is 4.45. The zero-order chi connectivity index (χ0) is 15.5. The number of rotatable bonds is 6. The van der Waals surface area contributed by atoms with Crippen LogP contribution in [0.2, 0.25) is 0 Å². The Morgan fingerprint density at radius 1 is 1.33 bits per heavy atom. The Labute approximate surface area is 121 Å². The maximum Gasteiger partial charge on any atom is 0.335 e. The molecule has 2 rings (SSSR count). The predicted octanol–water partition coefficient (Wildman–Crippen LogP) is 0.465. The normalized spacial score (nSPS) is 11.7. The lowest BCUT2D eigenvalue weighted by Crippen LogP contribution is -2.28. The number of nitrogens with zero attached hydrogens (tertiary/aromatic N) is 3. The number of nitrogens with one attached hydrogen (secondary N) is 1. The number of aromatic carboxylic acids is 1. The van der Waals surface area contributed by atoms with Crippen LogP contribution in [-0.4, -0.2) is 46.0 Å². The number of hydrogen-bond acceptors (Lipinski definition) is 5. The maximum absolute atomic E-state index is 12.2. The molecule has 0 unspecified atom stereocenters. The SMILES string of the molecule is CN(Cc1ncn[nH]1)S(=O)(=O)Cc1ccc(C(=O)O)cc1. The highest BCUT2D eigenvalue weighted by atomic mass is 32.2. The van der Waals surface area contributed by atoms with E-state index in [0.717, 1.165) is 0 Å². The van der Waals surface area contributed by atoms with Crippen LogP contribution in [0.1, 0.15) is 21.7 Å². The summed E-state index contributed by atoms with van der Waals surface area (Å²) >= 11 is 0. The standard InChI is InChI=1S/C12H14N4O4S/c1-16(6-11-13-8-14-15-11)21(19,20)7-9-2-4-10(5-3-9)12(17)18/h2-5,8H,6-7H2,1H3,(H,17,18)(H,13,14,15). The Morgan fingerprint density at radius 2 is 2.00 bits per heavy atom. The van der Waals surface area contributed by atoms with Crippen LogP contribution in [0.15, 0.2) is 30.6 Å². The first-order chi connectivity index (χ1) is 9.88. The third-order valence-electron chi connectivity index (χ3n) is 2.86. The number of benzene rings is 1. The van der Waals surface area contributed by atoms with Crippen LogP contribution < -0.4 is 0 Å². The van der Waals surface area contributed by atoms with Gasteiger partial charge in [0.25, 0.3) is 0 Å². The van der Waals surface area contributed by atoms with Crippen molar-refractivity contribution in [2.75, 3.05) is 7.05 Å². The zero-order valence-corrected chi connectivity index (χ0v) is 12.0. The Morgan fingerprint density at radius 3 is 2.52 bits per heavy atom. The van der Waals surface area contributed by atoms with Gasteiger partial charge in [0.1, 0.15) is 12.2 Å². The van der Waals surface area contributed by atoms with Gasteiger partial charge >= 0.3 is 5.97 Å². The summed E-state index contributed by atoms with van der Waals surface area (Å²) in [6.45, 7) is 0.0928. The van der Waals surface area contributed by atoms with Crippen molar-refractivity contribution in [3.63, 3.8) is 0 Å². The van der Waals surface area contributed by atoms with Gasteiger partial charge in [-0.2, -0.15) is 9.40 Å². The summed E-state index contributed by atoms with van der Waals surface area (Å²) in [5, 5.41) is 15.0. The van der Waals surface area contributed by atoms with Gasteiger partial charge in [0.05, 0.1) is 17.9 Å². The predicted molar refractivity (Wildman–Crippen MR) is 73.9 cm³/mol. The molecule has 8 nitrogen and oxygen atoms in total. The summed E-state index contributed by atoms with van der Waals surface area (Å²) < 4.78 is 25.6. The van der Waals surface area contributed by atoms with E-state index in [1.165, 1.54) is 41.9 Å². The topological polar surface area (TPSA) is 116 Å². The fraction of sp³-hybridized carbons (Fsp3) is 0.250. The van der Waals surface area contributed by atoms with Crippen molar-refractivity contribution in [3.05, 3.63) is 47.5 Å². The molecule has 0 saturated heterocycles. The zero-order valence-electron chi connectivity index (χ0n) is 11.2. The van der Waals surface area contributed by atoms with Gasteiger partial charge in [0, 0.05) is 7.05 Å². The number of H-pyrrole nitrogens is 1. The van der Waals surface area contributed by atoms with Crippen molar-refractivity contribution in [3.8, 4) is 0 Å². The minimum Gasteiger partial charge on any atom is -0.478 e. The summed E-state index contributed by atoms with van der Waals surface area (Å²) in [4.78, 5) is 14.6. The van der Waals surface area contributed by atoms with Gasteiger partial charge in [-0.05, 0) is 17.7 Å². The minimum atomic E-state index is -3.52. The van der Waals surface area contributed by atoms with Crippen molar-refractivity contribution in [1.29, 1.82) is 0 Å². The van der Waals surface area contributed by atoms with E-state index in [9.17, 15) is 13.2 Å². The summed E-state index contributed by atoms with van der Waals surface area (Å²) in [6.07, 6.45) is 1.31. The van der Waals surface area contributed by atoms with Gasteiger partial charge in [-0.15, -0.1) is 0 Å². The summed E-state index contributed by atoms with van der Waals surface area (Å²) in [5.74, 6) is -0.813. The lowest BCUT2D eigenvalue weighted by atomic mass is 10.1. The molecule has 0 spiro atoms. The number of aromatic nitrogens is 3. The smallest absolute Gasteiger partial charge is 0.335 e. The molecule has 21 heavy (non-hydrogen) atoms. The molecule has 0 aliphatic rings. The average molecular weight is 310 g/mol. The lowest BCUT2D eigenvalue weighted by molar-refractivity contribution is 0.0697. The molecule has 0 saturated carbocycles. The van der Waals surface area contributed by atoms with Gasteiger partial charge in [0.2, 0.25) is 10.0 Å². The van der Waals surface area contributed by atoms with E-state index in [1.54, 1.807) is 0 Å². The molecule has 2 N–H and O–H groups in total. The van der Waals surface area contributed by atoms with E-state index in [0.29, 0.717) is 11.4 Å². The highest BCUT2D eigenvalue weighted by molar-refractivity contribution is 7.88. The van der Waals surface area contributed by atoms with Gasteiger partial charge < -0.3 is 5.11 Å². The summed E-state index contributed by atoms with van der Waals surface area (Å²) in [5.41, 5.74) is 0.635. The molecule has 0 bridgehead atoms. The van der Waals surface area contributed by atoms with Gasteiger partial charge in [-0.1, -0.05) is 12.1 Å². The van der Waals surface area contributed by atoms with Crippen molar-refractivity contribution >= 4 is 16.0 Å². The fourth-order valence-electron chi connectivity index (χ4n) is 1.68. The molecule has 0 atom stereocenters. The van der Waals surface area contributed by atoms with E-state index in [1.807, 2.05) is 0 Å². The number of hydrogen-bond donors (Lipinski definition) is 2. The molecule has 9 heteroatoms. The molecule has 0 aliphatic heterocycles. The van der Waals surface area contributed by atoms with E-state index in [4.69, 9.17) is 5.11 Å². The second kappa shape index (κ2) is 6.02. The molecule has 1 aromatic carbocycles. The first kappa shape index (κ1) is 15.1. The fourth-order valence-corrected chi connectivity index (χ4v) is 2.83. The monoisotopic (exact) mass is 310 g/mol. The third-order valence-corrected chi connectivity index (χ3v) is 4.64. The minimum absolute atomic E-state index is 0.0928. The highest BCUT2D eigenvalue weighted by Gasteiger charge is 2.20. The lowest BCUT2D eigenvalue weighted by Gasteiger charge is -2.15. The average Bonchev–Trinajstić information content (AvgIpc) is 2.91. The number of carbonyl (C=O) groups is 1. The van der Waals surface area contributed by atoms with Crippen LogP contribution in [0, 0.1) is 0 Å². The van der Waals surface area contributed by atoms with E-state index in [2.05, 4.69) is 15.2 Å². The highest BCUT2D eigenvalue weighted by Crippen LogP contribution is 2.12. The molecule has 0 fully saturated rings. The molecule has 112 valence electrons. The maximum atomic E-state index is 12.2. The number of aromatic amines is 1. The van der Waals surface area contributed by atoms with Crippen molar-refractivity contribution in [2.45, 2.75) is 12.3 Å². The van der Waals surface area contributed by atoms with E-state index < -0.39 is 16.0 Å². The first-order valence-corrected chi connectivity index (χ1v) is 7.60. The Balaban J connectivity index is 2.07. The summed E-state index contributed by atoms with van der Waals surface area (Å²) in [7, 11) is -2.08. The molecule has 0 aliphatic carbocycles. The van der Waals surface area contributed by atoms with Gasteiger partial charge in [0.15, 0.2) is 0 Å². The van der Waals surface area contributed by atoms with Crippen LogP contribution >= 0.6 is 0 Å². The number of sulfonamides is 1. The molecule has 1 aromatic heterocycles.